The summed E-state index contributed by atoms with van der Waals surface area (Å²) in [6, 6.07) is 0. The van der Waals surface area contributed by atoms with Gasteiger partial charge in [-0.1, -0.05) is 52.5 Å². The van der Waals surface area contributed by atoms with E-state index in [0.717, 1.165) is 21.2 Å². The van der Waals surface area contributed by atoms with Gasteiger partial charge in [-0.15, -0.1) is 0 Å². The van der Waals surface area contributed by atoms with Crippen molar-refractivity contribution in [2.24, 2.45) is 11.5 Å². The van der Waals surface area contributed by atoms with E-state index >= 15 is 0 Å². The van der Waals surface area contributed by atoms with E-state index in [1.54, 1.807) is 27.7 Å². The van der Waals surface area contributed by atoms with Crippen LogP contribution in [0.4, 0.5) is 0 Å². The molecule has 94 valence electrons. The van der Waals surface area contributed by atoms with E-state index in [-0.39, 0.29) is 0 Å². The average molecular weight is 268 g/mol. The fraction of sp³-hybridized carbons (Fsp3) is 0.231. The lowest BCUT2D eigenvalue weighted by Gasteiger charge is -2.07. The third-order valence-corrected chi connectivity index (χ3v) is 4.55. The number of hydrogen-bond donors (Lipinski definition) is 2. The molecule has 0 aromatic rings. The van der Waals surface area contributed by atoms with Crippen molar-refractivity contribution in [3.8, 4) is 0 Å². The standard InChI is InChI=1S/C13H20N2S2/c1-5-8-9-13(10(4)14)17-16-12(7-3)11(15)6-2/h5-9H,1,14-15H2,2-4H3/b9-8-,11-6+,12-7+,13-10-. The predicted molar refractivity (Wildman–Crippen MR) is 83.1 cm³/mol. The van der Waals surface area contributed by atoms with Crippen LogP contribution in [0.2, 0.25) is 0 Å². The first-order chi connectivity index (χ1) is 8.06. The number of nitrogens with two attached hydrogens (primary N) is 2. The van der Waals surface area contributed by atoms with Crippen molar-refractivity contribution < 1.29 is 0 Å². The largest absolute Gasteiger partial charge is 0.401 e. The molecule has 0 aliphatic rings. The summed E-state index contributed by atoms with van der Waals surface area (Å²) < 4.78 is 0. The van der Waals surface area contributed by atoms with Crippen LogP contribution in [0.5, 0.6) is 0 Å². The summed E-state index contributed by atoms with van der Waals surface area (Å²) in [4.78, 5) is 2.06. The molecule has 0 aromatic heterocycles. The fourth-order valence-corrected chi connectivity index (χ4v) is 3.31. The van der Waals surface area contributed by atoms with Gasteiger partial charge in [-0.3, -0.25) is 0 Å². The molecule has 0 heterocycles. The lowest BCUT2D eigenvalue weighted by molar-refractivity contribution is 1.31. The molecule has 0 amide bonds. The molecule has 17 heavy (non-hydrogen) atoms. The summed E-state index contributed by atoms with van der Waals surface area (Å²) in [5.74, 6) is 0. The van der Waals surface area contributed by atoms with E-state index in [1.807, 2.05) is 45.1 Å². The summed E-state index contributed by atoms with van der Waals surface area (Å²) in [5.41, 5.74) is 13.2. The van der Waals surface area contributed by atoms with Gasteiger partial charge in [0.1, 0.15) is 0 Å². The van der Waals surface area contributed by atoms with Gasteiger partial charge in [0, 0.05) is 21.2 Å². The quantitative estimate of drug-likeness (QED) is 0.563. The number of allylic oxidation sites excluding steroid dienone is 6. The second-order valence-corrected chi connectivity index (χ2v) is 5.42. The van der Waals surface area contributed by atoms with Gasteiger partial charge in [0.15, 0.2) is 0 Å². The summed E-state index contributed by atoms with van der Waals surface area (Å²) in [7, 11) is 3.20. The molecule has 0 aromatic carbocycles. The van der Waals surface area contributed by atoms with Gasteiger partial charge >= 0.3 is 0 Å². The van der Waals surface area contributed by atoms with Crippen molar-refractivity contribution in [1.82, 2.24) is 0 Å². The van der Waals surface area contributed by atoms with Crippen LogP contribution < -0.4 is 11.5 Å². The molecule has 0 atom stereocenters. The summed E-state index contributed by atoms with van der Waals surface area (Å²) in [5, 5.41) is 0. The van der Waals surface area contributed by atoms with Crippen LogP contribution in [0.25, 0.3) is 0 Å². The third-order valence-electron chi connectivity index (χ3n) is 1.85. The Kier molecular flexibility index (Phi) is 8.54. The maximum atomic E-state index is 5.87. The average Bonchev–Trinajstić information content (AvgIpc) is 2.32. The molecule has 4 N–H and O–H groups in total. The van der Waals surface area contributed by atoms with E-state index in [4.69, 9.17) is 11.5 Å². The van der Waals surface area contributed by atoms with Crippen LogP contribution in [0.3, 0.4) is 0 Å². The second kappa shape index (κ2) is 9.07. The zero-order chi connectivity index (χ0) is 13.3. The fourth-order valence-electron chi connectivity index (χ4n) is 0.875. The van der Waals surface area contributed by atoms with Crippen molar-refractivity contribution >= 4 is 21.6 Å². The lowest BCUT2D eigenvalue weighted by atomic mass is 10.4. The van der Waals surface area contributed by atoms with Crippen LogP contribution in [0.15, 0.2) is 58.2 Å². The molecule has 0 aliphatic carbocycles. The van der Waals surface area contributed by atoms with Crippen LogP contribution >= 0.6 is 21.6 Å². The second-order valence-electron chi connectivity index (χ2n) is 3.21. The molecule has 0 bridgehead atoms. The molecule has 0 saturated heterocycles. The highest BCUT2D eigenvalue weighted by Gasteiger charge is 2.04. The number of rotatable bonds is 6. The van der Waals surface area contributed by atoms with E-state index in [2.05, 4.69) is 6.58 Å². The van der Waals surface area contributed by atoms with Crippen molar-refractivity contribution in [3.63, 3.8) is 0 Å². The molecule has 2 nitrogen and oxygen atoms in total. The maximum absolute atomic E-state index is 5.87. The first kappa shape index (κ1) is 16.0. The van der Waals surface area contributed by atoms with Gasteiger partial charge in [-0.05, 0) is 26.8 Å². The third kappa shape index (κ3) is 6.34. The zero-order valence-corrected chi connectivity index (χ0v) is 12.2. The summed E-state index contributed by atoms with van der Waals surface area (Å²) in [6.45, 7) is 9.41. The lowest BCUT2D eigenvalue weighted by Crippen LogP contribution is -1.97. The zero-order valence-electron chi connectivity index (χ0n) is 10.6. The Morgan fingerprint density at radius 3 is 2.18 bits per heavy atom. The highest BCUT2D eigenvalue weighted by atomic mass is 33.1. The Morgan fingerprint density at radius 2 is 1.76 bits per heavy atom. The van der Waals surface area contributed by atoms with E-state index < -0.39 is 0 Å². The molecule has 0 radical (unpaired) electrons. The molecule has 0 saturated carbocycles. The van der Waals surface area contributed by atoms with Gasteiger partial charge in [0.25, 0.3) is 0 Å². The molecule has 0 aliphatic heterocycles. The Hall–Kier alpha value is -1.00. The predicted octanol–water partition coefficient (Wildman–Crippen LogP) is 4.07. The molecular weight excluding hydrogens is 248 g/mol. The van der Waals surface area contributed by atoms with Crippen LogP contribution in [-0.2, 0) is 0 Å². The molecule has 0 fully saturated rings. The molecule has 0 rings (SSSR count). The van der Waals surface area contributed by atoms with Crippen molar-refractivity contribution in [1.29, 1.82) is 0 Å². The van der Waals surface area contributed by atoms with Crippen molar-refractivity contribution in [2.75, 3.05) is 0 Å². The number of hydrogen-bond acceptors (Lipinski definition) is 4. The Morgan fingerprint density at radius 1 is 1.12 bits per heavy atom. The van der Waals surface area contributed by atoms with Gasteiger partial charge in [0.2, 0.25) is 0 Å². The Bertz CT molecular complexity index is 373. The van der Waals surface area contributed by atoms with Crippen molar-refractivity contribution in [3.05, 3.63) is 58.2 Å². The first-order valence-corrected chi connectivity index (χ1v) is 7.40. The minimum absolute atomic E-state index is 0.784. The van der Waals surface area contributed by atoms with Crippen LogP contribution in [0, 0.1) is 0 Å². The molecule has 0 unspecified atom stereocenters. The van der Waals surface area contributed by atoms with Gasteiger partial charge in [-0.2, -0.15) is 0 Å². The normalized spacial score (nSPS) is 15.0. The summed E-state index contributed by atoms with van der Waals surface area (Å²) >= 11 is 0. The van der Waals surface area contributed by atoms with E-state index in [1.165, 1.54) is 0 Å². The maximum Gasteiger partial charge on any atom is 0.0414 e. The first-order valence-electron chi connectivity index (χ1n) is 5.25. The Labute approximate surface area is 112 Å². The molecular formula is C13H20N2S2. The minimum atomic E-state index is 0.784. The SMILES string of the molecule is C=C/C=C\C(SSC(=C/C)/C(N)=C\C)=C(/C)N. The smallest absolute Gasteiger partial charge is 0.0414 e. The van der Waals surface area contributed by atoms with Gasteiger partial charge in [0.05, 0.1) is 0 Å². The van der Waals surface area contributed by atoms with Gasteiger partial charge < -0.3 is 11.5 Å². The van der Waals surface area contributed by atoms with Crippen molar-refractivity contribution in [2.45, 2.75) is 20.8 Å². The Balaban J connectivity index is 4.68. The topological polar surface area (TPSA) is 52.0 Å². The minimum Gasteiger partial charge on any atom is -0.401 e. The molecule has 0 spiro atoms. The van der Waals surface area contributed by atoms with Gasteiger partial charge in [-0.25, -0.2) is 0 Å². The monoisotopic (exact) mass is 268 g/mol. The molecule has 4 heteroatoms. The van der Waals surface area contributed by atoms with E-state index in [0.29, 0.717) is 0 Å². The van der Waals surface area contributed by atoms with E-state index in [9.17, 15) is 0 Å². The van der Waals surface area contributed by atoms with Crippen LogP contribution in [0.1, 0.15) is 20.8 Å². The summed E-state index contributed by atoms with van der Waals surface area (Å²) in [6.07, 6.45) is 9.42. The van der Waals surface area contributed by atoms with Crippen LogP contribution in [-0.4, -0.2) is 0 Å². The highest BCUT2D eigenvalue weighted by Crippen LogP contribution is 2.39. The highest BCUT2D eigenvalue weighted by molar-refractivity contribution is 8.79.